The second-order valence-corrected chi connectivity index (χ2v) is 4.41. The third kappa shape index (κ3) is 2.82. The van der Waals surface area contributed by atoms with Crippen LogP contribution in [0.25, 0.3) is 10.9 Å². The average Bonchev–Trinajstić information content (AvgIpc) is 2.76. The molecule has 0 amide bonds. The lowest BCUT2D eigenvalue weighted by Crippen LogP contribution is -2.27. The fraction of sp³-hybridized carbons (Fsp3) is 0.462. The molecule has 0 aliphatic carbocycles. The van der Waals surface area contributed by atoms with Crippen molar-refractivity contribution in [3.8, 4) is 0 Å². The molecule has 0 spiro atoms. The van der Waals surface area contributed by atoms with Gasteiger partial charge in [-0.25, -0.2) is 4.39 Å². The first-order valence-corrected chi connectivity index (χ1v) is 6.05. The highest BCUT2D eigenvalue weighted by Gasteiger charge is 2.06. The molecule has 1 heterocycles. The van der Waals surface area contributed by atoms with Gasteiger partial charge in [0, 0.05) is 11.4 Å². The van der Waals surface area contributed by atoms with Crippen molar-refractivity contribution in [1.29, 1.82) is 0 Å². The van der Waals surface area contributed by atoms with Gasteiger partial charge in [-0.2, -0.15) is 5.10 Å². The van der Waals surface area contributed by atoms with Crippen LogP contribution in [0.1, 0.15) is 25.8 Å². The number of fused-ring (bicyclic) bond motifs is 1. The van der Waals surface area contributed by atoms with Gasteiger partial charge in [-0.05, 0) is 44.0 Å². The van der Waals surface area contributed by atoms with Crippen LogP contribution in [0, 0.1) is 5.82 Å². The SMILES string of the molecule is CCC(C)NCCc1cc(F)cc2[nH]ncc12. The molecule has 17 heavy (non-hydrogen) atoms. The van der Waals surface area contributed by atoms with Gasteiger partial charge in [0.15, 0.2) is 0 Å². The van der Waals surface area contributed by atoms with E-state index in [0.29, 0.717) is 6.04 Å². The Morgan fingerprint density at radius 3 is 3.06 bits per heavy atom. The van der Waals surface area contributed by atoms with E-state index in [0.717, 1.165) is 35.9 Å². The highest BCUT2D eigenvalue weighted by Crippen LogP contribution is 2.18. The molecule has 0 saturated carbocycles. The predicted molar refractivity (Wildman–Crippen MR) is 67.5 cm³/mol. The molecule has 0 aliphatic heterocycles. The minimum atomic E-state index is -0.208. The molecular formula is C13H18FN3. The fourth-order valence-electron chi connectivity index (χ4n) is 1.89. The molecule has 1 atom stereocenters. The molecule has 2 N–H and O–H groups in total. The van der Waals surface area contributed by atoms with Crippen molar-refractivity contribution in [3.05, 3.63) is 29.7 Å². The van der Waals surface area contributed by atoms with Crippen LogP contribution in [0.2, 0.25) is 0 Å². The summed E-state index contributed by atoms with van der Waals surface area (Å²) in [4.78, 5) is 0. The van der Waals surface area contributed by atoms with E-state index in [1.165, 1.54) is 6.07 Å². The number of rotatable bonds is 5. The second-order valence-electron chi connectivity index (χ2n) is 4.41. The van der Waals surface area contributed by atoms with Gasteiger partial charge in [-0.3, -0.25) is 5.10 Å². The van der Waals surface area contributed by atoms with Crippen LogP contribution < -0.4 is 5.32 Å². The summed E-state index contributed by atoms with van der Waals surface area (Å²) in [7, 11) is 0. The second kappa shape index (κ2) is 5.27. The third-order valence-electron chi connectivity index (χ3n) is 3.11. The first-order chi connectivity index (χ1) is 8.20. The molecule has 0 radical (unpaired) electrons. The van der Waals surface area contributed by atoms with Crippen molar-refractivity contribution in [3.63, 3.8) is 0 Å². The standard InChI is InChI=1S/C13H18FN3/c1-3-9(2)15-5-4-10-6-11(14)7-13-12(10)8-16-17-13/h6-9,15H,3-5H2,1-2H3,(H,16,17). The van der Waals surface area contributed by atoms with Crippen molar-refractivity contribution in [2.45, 2.75) is 32.7 Å². The molecule has 4 heteroatoms. The predicted octanol–water partition coefficient (Wildman–Crippen LogP) is 2.63. The van der Waals surface area contributed by atoms with Crippen molar-refractivity contribution >= 4 is 10.9 Å². The molecule has 92 valence electrons. The maximum atomic E-state index is 13.4. The number of aromatic nitrogens is 2. The van der Waals surface area contributed by atoms with E-state index in [4.69, 9.17) is 0 Å². The van der Waals surface area contributed by atoms with Crippen molar-refractivity contribution in [2.24, 2.45) is 0 Å². The van der Waals surface area contributed by atoms with Crippen LogP contribution in [0.4, 0.5) is 4.39 Å². The van der Waals surface area contributed by atoms with E-state index in [1.807, 2.05) is 0 Å². The number of hydrogen-bond acceptors (Lipinski definition) is 2. The molecule has 1 unspecified atom stereocenters. The summed E-state index contributed by atoms with van der Waals surface area (Å²) in [5, 5.41) is 11.2. The number of halogens is 1. The van der Waals surface area contributed by atoms with Gasteiger partial charge < -0.3 is 5.32 Å². The lowest BCUT2D eigenvalue weighted by Gasteiger charge is -2.11. The van der Waals surface area contributed by atoms with E-state index in [2.05, 4.69) is 29.4 Å². The van der Waals surface area contributed by atoms with E-state index in [-0.39, 0.29) is 5.82 Å². The highest BCUT2D eigenvalue weighted by molar-refractivity contribution is 5.81. The van der Waals surface area contributed by atoms with Gasteiger partial charge in [-0.1, -0.05) is 6.92 Å². The van der Waals surface area contributed by atoms with Crippen LogP contribution in [0.15, 0.2) is 18.3 Å². The lowest BCUT2D eigenvalue weighted by molar-refractivity contribution is 0.537. The van der Waals surface area contributed by atoms with Gasteiger partial charge >= 0.3 is 0 Å². The number of nitrogens with one attached hydrogen (secondary N) is 2. The Hall–Kier alpha value is -1.42. The minimum Gasteiger partial charge on any atom is -0.314 e. The summed E-state index contributed by atoms with van der Waals surface area (Å²) in [5.74, 6) is -0.208. The summed E-state index contributed by atoms with van der Waals surface area (Å²) in [5.41, 5.74) is 1.77. The van der Waals surface area contributed by atoms with E-state index < -0.39 is 0 Å². The summed E-state index contributed by atoms with van der Waals surface area (Å²) in [6.07, 6.45) is 3.68. The van der Waals surface area contributed by atoms with Crippen LogP contribution in [0.3, 0.4) is 0 Å². The number of hydrogen-bond donors (Lipinski definition) is 2. The van der Waals surface area contributed by atoms with Gasteiger partial charge in [0.05, 0.1) is 11.7 Å². The molecule has 3 nitrogen and oxygen atoms in total. The van der Waals surface area contributed by atoms with Gasteiger partial charge in [0.1, 0.15) is 5.82 Å². The summed E-state index contributed by atoms with van der Waals surface area (Å²) >= 11 is 0. The Bertz CT molecular complexity index is 492. The Labute approximate surface area is 100 Å². The first kappa shape index (κ1) is 12.0. The maximum Gasteiger partial charge on any atom is 0.125 e. The number of H-pyrrole nitrogens is 1. The molecular weight excluding hydrogens is 217 g/mol. The average molecular weight is 235 g/mol. The van der Waals surface area contributed by atoms with Gasteiger partial charge in [0.25, 0.3) is 0 Å². The van der Waals surface area contributed by atoms with E-state index >= 15 is 0 Å². The van der Waals surface area contributed by atoms with Crippen LogP contribution >= 0.6 is 0 Å². The Kier molecular flexibility index (Phi) is 3.74. The molecule has 0 bridgehead atoms. The Morgan fingerprint density at radius 2 is 2.29 bits per heavy atom. The summed E-state index contributed by atoms with van der Waals surface area (Å²) in [6, 6.07) is 3.58. The minimum absolute atomic E-state index is 0.208. The summed E-state index contributed by atoms with van der Waals surface area (Å²) < 4.78 is 13.4. The number of aromatic amines is 1. The zero-order chi connectivity index (χ0) is 12.3. The molecule has 1 aromatic heterocycles. The largest absolute Gasteiger partial charge is 0.314 e. The monoisotopic (exact) mass is 235 g/mol. The number of benzene rings is 1. The van der Waals surface area contributed by atoms with Gasteiger partial charge in [-0.15, -0.1) is 0 Å². The quantitative estimate of drug-likeness (QED) is 0.836. The first-order valence-electron chi connectivity index (χ1n) is 6.05. The molecule has 0 saturated heterocycles. The molecule has 1 aromatic carbocycles. The van der Waals surface area contributed by atoms with Crippen LogP contribution in [-0.4, -0.2) is 22.8 Å². The smallest absolute Gasteiger partial charge is 0.125 e. The zero-order valence-electron chi connectivity index (χ0n) is 10.3. The highest BCUT2D eigenvalue weighted by atomic mass is 19.1. The fourth-order valence-corrected chi connectivity index (χ4v) is 1.89. The van der Waals surface area contributed by atoms with E-state index in [1.54, 1.807) is 12.3 Å². The van der Waals surface area contributed by atoms with E-state index in [9.17, 15) is 4.39 Å². The molecule has 2 aromatic rings. The lowest BCUT2D eigenvalue weighted by atomic mass is 10.1. The van der Waals surface area contributed by atoms with Crippen LogP contribution in [0.5, 0.6) is 0 Å². The van der Waals surface area contributed by atoms with Crippen molar-refractivity contribution in [1.82, 2.24) is 15.5 Å². The molecule has 2 rings (SSSR count). The van der Waals surface area contributed by atoms with Crippen molar-refractivity contribution < 1.29 is 4.39 Å². The van der Waals surface area contributed by atoms with Crippen LogP contribution in [-0.2, 0) is 6.42 Å². The third-order valence-corrected chi connectivity index (χ3v) is 3.11. The number of nitrogens with zero attached hydrogens (tertiary/aromatic N) is 1. The normalized spacial score (nSPS) is 13.1. The van der Waals surface area contributed by atoms with Gasteiger partial charge in [0.2, 0.25) is 0 Å². The Morgan fingerprint density at radius 1 is 1.47 bits per heavy atom. The maximum absolute atomic E-state index is 13.4. The Balaban J connectivity index is 2.09. The topological polar surface area (TPSA) is 40.7 Å². The summed E-state index contributed by atoms with van der Waals surface area (Å²) in [6.45, 7) is 5.16. The van der Waals surface area contributed by atoms with Crippen molar-refractivity contribution in [2.75, 3.05) is 6.54 Å². The zero-order valence-corrected chi connectivity index (χ0v) is 10.3. The molecule has 0 fully saturated rings. The molecule has 0 aliphatic rings.